The average Bonchev–Trinajstić information content (AvgIpc) is 2.19. The number of rotatable bonds is 1. The number of phenols is 1. The largest absolute Gasteiger partial charge is 0.505 e. The molecular formula is C10H7NNaO2. The van der Waals surface area contributed by atoms with E-state index in [-0.39, 0.29) is 41.0 Å². The van der Waals surface area contributed by atoms with Crippen molar-refractivity contribution in [2.24, 2.45) is 5.18 Å². The third kappa shape index (κ3) is 1.80. The van der Waals surface area contributed by atoms with Gasteiger partial charge in [-0.3, -0.25) is 0 Å². The van der Waals surface area contributed by atoms with E-state index in [1.54, 1.807) is 18.2 Å². The van der Waals surface area contributed by atoms with Crippen LogP contribution in [0.5, 0.6) is 5.75 Å². The fourth-order valence-electron chi connectivity index (χ4n) is 1.32. The van der Waals surface area contributed by atoms with Gasteiger partial charge in [-0.15, -0.1) is 4.91 Å². The first kappa shape index (κ1) is 11.2. The van der Waals surface area contributed by atoms with Crippen LogP contribution in [0.25, 0.3) is 10.8 Å². The Balaban J connectivity index is 0.000000980. The summed E-state index contributed by atoms with van der Waals surface area (Å²) in [5.41, 5.74) is 0.0821. The summed E-state index contributed by atoms with van der Waals surface area (Å²) in [6.07, 6.45) is 0. The summed E-state index contributed by atoms with van der Waals surface area (Å²) in [5.74, 6) is -0.0481. The van der Waals surface area contributed by atoms with E-state index in [0.717, 1.165) is 5.39 Å². The molecular weight excluding hydrogens is 189 g/mol. The molecule has 1 radical (unpaired) electrons. The molecule has 0 aliphatic carbocycles. The molecule has 0 bridgehead atoms. The van der Waals surface area contributed by atoms with Crippen LogP contribution in [0.2, 0.25) is 0 Å². The van der Waals surface area contributed by atoms with Gasteiger partial charge < -0.3 is 5.11 Å². The van der Waals surface area contributed by atoms with Crippen molar-refractivity contribution in [2.75, 3.05) is 0 Å². The third-order valence-electron chi connectivity index (χ3n) is 1.98. The first-order valence-electron chi connectivity index (χ1n) is 3.87. The van der Waals surface area contributed by atoms with Crippen LogP contribution in [-0.2, 0) is 0 Å². The van der Waals surface area contributed by atoms with Crippen molar-refractivity contribution in [3.8, 4) is 5.75 Å². The van der Waals surface area contributed by atoms with Crippen molar-refractivity contribution in [1.82, 2.24) is 0 Å². The molecule has 0 amide bonds. The molecule has 0 aliphatic heterocycles. The second-order valence-electron chi connectivity index (χ2n) is 2.75. The van der Waals surface area contributed by atoms with Crippen LogP contribution in [0.3, 0.4) is 0 Å². The van der Waals surface area contributed by atoms with E-state index in [9.17, 15) is 10.0 Å². The zero-order valence-electron chi connectivity index (χ0n) is 7.77. The molecule has 0 fully saturated rings. The Morgan fingerprint density at radius 2 is 1.79 bits per heavy atom. The number of aromatic hydroxyl groups is 1. The summed E-state index contributed by atoms with van der Waals surface area (Å²) in [6, 6.07) is 10.5. The van der Waals surface area contributed by atoms with E-state index in [1.807, 2.05) is 12.1 Å². The van der Waals surface area contributed by atoms with Crippen LogP contribution in [0.4, 0.5) is 5.69 Å². The Morgan fingerprint density at radius 3 is 2.50 bits per heavy atom. The minimum absolute atomic E-state index is 0. The molecule has 2 aromatic rings. The van der Waals surface area contributed by atoms with Gasteiger partial charge in [0.15, 0.2) is 5.75 Å². The van der Waals surface area contributed by atoms with Gasteiger partial charge in [0, 0.05) is 34.9 Å². The molecule has 0 heterocycles. The molecule has 2 aromatic carbocycles. The zero-order valence-corrected chi connectivity index (χ0v) is 9.77. The van der Waals surface area contributed by atoms with Gasteiger partial charge in [0.1, 0.15) is 5.69 Å². The van der Waals surface area contributed by atoms with Gasteiger partial charge in [-0.25, -0.2) is 0 Å². The van der Waals surface area contributed by atoms with E-state index in [4.69, 9.17) is 0 Å². The van der Waals surface area contributed by atoms with Crippen molar-refractivity contribution < 1.29 is 5.11 Å². The fourth-order valence-corrected chi connectivity index (χ4v) is 1.32. The molecule has 0 atom stereocenters. The molecule has 3 nitrogen and oxygen atoms in total. The predicted octanol–water partition coefficient (Wildman–Crippen LogP) is 2.56. The first-order valence-corrected chi connectivity index (χ1v) is 3.87. The van der Waals surface area contributed by atoms with Gasteiger partial charge in [0.2, 0.25) is 0 Å². The van der Waals surface area contributed by atoms with E-state index in [2.05, 4.69) is 5.18 Å². The normalized spacial score (nSPS) is 9.43. The molecule has 0 saturated heterocycles. The molecule has 0 aliphatic rings. The molecule has 1 N–H and O–H groups in total. The van der Waals surface area contributed by atoms with Gasteiger partial charge in [0.05, 0.1) is 0 Å². The molecule has 0 aromatic heterocycles. The van der Waals surface area contributed by atoms with Crippen molar-refractivity contribution in [2.45, 2.75) is 0 Å². The number of benzene rings is 2. The quantitative estimate of drug-likeness (QED) is 0.562. The van der Waals surface area contributed by atoms with E-state index in [0.29, 0.717) is 5.39 Å². The van der Waals surface area contributed by atoms with Crippen LogP contribution < -0.4 is 0 Å². The average molecular weight is 196 g/mol. The zero-order chi connectivity index (χ0) is 9.26. The number of nitrogens with zero attached hydrogens (tertiary/aromatic N) is 1. The summed E-state index contributed by atoms with van der Waals surface area (Å²) in [5, 5.41) is 13.8. The van der Waals surface area contributed by atoms with Gasteiger partial charge >= 0.3 is 0 Å². The Bertz CT molecular complexity index is 471. The number of hydrogen-bond acceptors (Lipinski definition) is 3. The minimum Gasteiger partial charge on any atom is -0.505 e. The predicted molar refractivity (Wildman–Crippen MR) is 56.8 cm³/mol. The van der Waals surface area contributed by atoms with Gasteiger partial charge in [-0.1, -0.05) is 30.3 Å². The molecule has 65 valence electrons. The van der Waals surface area contributed by atoms with Gasteiger partial charge in [0.25, 0.3) is 0 Å². The van der Waals surface area contributed by atoms with Crippen molar-refractivity contribution >= 4 is 46.0 Å². The molecule has 14 heavy (non-hydrogen) atoms. The standard InChI is InChI=1S/C10H7NO2.Na/c12-10-8-4-2-1-3-7(8)5-6-9(10)11-13;/h1-6,12H;. The smallest absolute Gasteiger partial charge is 0.152 e. The second-order valence-corrected chi connectivity index (χ2v) is 2.75. The summed E-state index contributed by atoms with van der Waals surface area (Å²) in [6.45, 7) is 0. The summed E-state index contributed by atoms with van der Waals surface area (Å²) >= 11 is 0. The molecule has 4 heteroatoms. The second kappa shape index (κ2) is 4.55. The van der Waals surface area contributed by atoms with Crippen molar-refractivity contribution in [1.29, 1.82) is 0 Å². The Hall–Kier alpha value is -0.900. The monoisotopic (exact) mass is 196 g/mol. The number of hydrogen-bond donors (Lipinski definition) is 1. The van der Waals surface area contributed by atoms with E-state index in [1.165, 1.54) is 6.07 Å². The maximum atomic E-state index is 10.3. The number of fused-ring (bicyclic) bond motifs is 1. The van der Waals surface area contributed by atoms with Gasteiger partial charge in [-0.05, 0) is 16.6 Å². The third-order valence-corrected chi connectivity index (χ3v) is 1.98. The summed E-state index contributed by atoms with van der Waals surface area (Å²) in [7, 11) is 0. The minimum atomic E-state index is -0.0481. The molecule has 2 rings (SSSR count). The molecule has 0 saturated carbocycles. The van der Waals surface area contributed by atoms with E-state index < -0.39 is 0 Å². The maximum absolute atomic E-state index is 10.3. The number of nitroso groups, excluding NO2 is 1. The van der Waals surface area contributed by atoms with Gasteiger partial charge in [-0.2, -0.15) is 0 Å². The van der Waals surface area contributed by atoms with Crippen LogP contribution in [-0.4, -0.2) is 34.7 Å². The van der Waals surface area contributed by atoms with E-state index >= 15 is 0 Å². The Labute approximate surface area is 103 Å². The van der Waals surface area contributed by atoms with Crippen LogP contribution in [0.15, 0.2) is 41.6 Å². The molecule has 0 unspecified atom stereocenters. The van der Waals surface area contributed by atoms with Crippen LogP contribution in [0.1, 0.15) is 0 Å². The summed E-state index contributed by atoms with van der Waals surface area (Å²) in [4.78, 5) is 10.3. The fraction of sp³-hybridized carbons (Fsp3) is 0. The van der Waals surface area contributed by atoms with Crippen LogP contribution in [0, 0.1) is 4.91 Å². The van der Waals surface area contributed by atoms with Crippen LogP contribution >= 0.6 is 0 Å². The first-order chi connectivity index (χ1) is 6.33. The SMILES string of the molecule is O=Nc1ccc2ccccc2c1O.[Na]. The maximum Gasteiger partial charge on any atom is 0.152 e. The summed E-state index contributed by atoms with van der Waals surface area (Å²) < 4.78 is 0. The Morgan fingerprint density at radius 1 is 1.07 bits per heavy atom. The topological polar surface area (TPSA) is 49.7 Å². The Kier molecular flexibility index (Phi) is 3.63. The van der Waals surface area contributed by atoms with Crippen molar-refractivity contribution in [3.05, 3.63) is 41.3 Å². The number of phenolic OH excluding ortho intramolecular Hbond substituents is 1. The van der Waals surface area contributed by atoms with Crippen molar-refractivity contribution in [3.63, 3.8) is 0 Å². The molecule has 0 spiro atoms.